The van der Waals surface area contributed by atoms with E-state index in [1.165, 1.54) is 12.0 Å². The standard InChI is InChI=1S/C14H15ClN2S/c15-8-13-10-18-14(16-13)17-7-6-12(9-17)11-4-2-1-3-5-11/h1-5,10,12H,6-9H2. The molecule has 2 heterocycles. The van der Waals surface area contributed by atoms with Gasteiger partial charge in [0, 0.05) is 24.4 Å². The van der Waals surface area contributed by atoms with E-state index in [9.17, 15) is 0 Å². The molecule has 1 aliphatic heterocycles. The van der Waals surface area contributed by atoms with Gasteiger partial charge in [-0.25, -0.2) is 4.98 Å². The first-order valence-electron chi connectivity index (χ1n) is 6.17. The Hall–Kier alpha value is -1.06. The molecule has 0 spiro atoms. The van der Waals surface area contributed by atoms with E-state index in [1.54, 1.807) is 11.3 Å². The van der Waals surface area contributed by atoms with Crippen LogP contribution in [0.1, 0.15) is 23.6 Å². The number of anilines is 1. The number of alkyl halides is 1. The average molecular weight is 279 g/mol. The molecule has 0 aliphatic carbocycles. The highest BCUT2D eigenvalue weighted by Gasteiger charge is 2.25. The minimum absolute atomic E-state index is 0.506. The normalized spacial score (nSPS) is 19.4. The topological polar surface area (TPSA) is 16.1 Å². The van der Waals surface area contributed by atoms with E-state index in [0.29, 0.717) is 11.8 Å². The molecule has 1 atom stereocenters. The van der Waals surface area contributed by atoms with Gasteiger partial charge in [-0.1, -0.05) is 30.3 Å². The van der Waals surface area contributed by atoms with Gasteiger partial charge >= 0.3 is 0 Å². The third-order valence-electron chi connectivity index (χ3n) is 3.41. The Morgan fingerprint density at radius 3 is 2.89 bits per heavy atom. The molecule has 1 aromatic heterocycles. The summed E-state index contributed by atoms with van der Waals surface area (Å²) in [5, 5.41) is 3.17. The summed E-state index contributed by atoms with van der Waals surface area (Å²) in [6, 6.07) is 10.8. The molecule has 1 saturated heterocycles. The van der Waals surface area contributed by atoms with Crippen LogP contribution in [0.4, 0.5) is 5.13 Å². The van der Waals surface area contributed by atoms with Crippen molar-refractivity contribution in [2.75, 3.05) is 18.0 Å². The first kappa shape index (κ1) is 12.0. The van der Waals surface area contributed by atoms with Crippen LogP contribution >= 0.6 is 22.9 Å². The minimum atomic E-state index is 0.506. The van der Waals surface area contributed by atoms with Gasteiger partial charge in [-0.3, -0.25) is 0 Å². The third-order valence-corrected chi connectivity index (χ3v) is 4.63. The number of benzene rings is 1. The Kier molecular flexibility index (Phi) is 3.52. The molecule has 1 fully saturated rings. The van der Waals surface area contributed by atoms with Gasteiger partial charge in [0.1, 0.15) is 0 Å². The summed E-state index contributed by atoms with van der Waals surface area (Å²) in [5.41, 5.74) is 2.42. The van der Waals surface area contributed by atoms with E-state index >= 15 is 0 Å². The van der Waals surface area contributed by atoms with E-state index in [0.717, 1.165) is 23.9 Å². The Morgan fingerprint density at radius 2 is 2.17 bits per heavy atom. The van der Waals surface area contributed by atoms with Gasteiger partial charge in [-0.05, 0) is 12.0 Å². The van der Waals surface area contributed by atoms with Crippen LogP contribution in [-0.2, 0) is 5.88 Å². The van der Waals surface area contributed by atoms with Crippen LogP contribution in [0.15, 0.2) is 35.7 Å². The number of rotatable bonds is 3. The maximum absolute atomic E-state index is 5.80. The molecule has 2 aromatic rings. The highest BCUT2D eigenvalue weighted by atomic mass is 35.5. The molecule has 0 radical (unpaired) electrons. The monoisotopic (exact) mass is 278 g/mol. The molecule has 94 valence electrons. The van der Waals surface area contributed by atoms with Gasteiger partial charge in [-0.2, -0.15) is 0 Å². The largest absolute Gasteiger partial charge is 0.347 e. The van der Waals surface area contributed by atoms with Crippen LogP contribution in [0.3, 0.4) is 0 Å². The number of nitrogens with zero attached hydrogens (tertiary/aromatic N) is 2. The lowest BCUT2D eigenvalue weighted by Gasteiger charge is -2.15. The lowest BCUT2D eigenvalue weighted by Crippen LogP contribution is -2.18. The molecule has 0 amide bonds. The molecular weight excluding hydrogens is 264 g/mol. The van der Waals surface area contributed by atoms with Gasteiger partial charge in [0.25, 0.3) is 0 Å². The van der Waals surface area contributed by atoms with E-state index < -0.39 is 0 Å². The fourth-order valence-electron chi connectivity index (χ4n) is 2.43. The predicted molar refractivity (Wildman–Crippen MR) is 77.7 cm³/mol. The predicted octanol–water partition coefficient (Wildman–Crippen LogP) is 3.88. The van der Waals surface area contributed by atoms with Crippen LogP contribution in [0.5, 0.6) is 0 Å². The van der Waals surface area contributed by atoms with Crippen LogP contribution < -0.4 is 4.90 Å². The zero-order valence-electron chi connectivity index (χ0n) is 10.1. The smallest absolute Gasteiger partial charge is 0.185 e. The summed E-state index contributed by atoms with van der Waals surface area (Å²) < 4.78 is 0. The first-order chi connectivity index (χ1) is 8.86. The van der Waals surface area contributed by atoms with Crippen LogP contribution in [-0.4, -0.2) is 18.1 Å². The van der Waals surface area contributed by atoms with Crippen molar-refractivity contribution in [3.05, 3.63) is 47.0 Å². The molecule has 4 heteroatoms. The van der Waals surface area contributed by atoms with Crippen molar-refractivity contribution in [1.29, 1.82) is 0 Å². The molecule has 0 saturated carbocycles. The molecule has 0 bridgehead atoms. The number of hydrogen-bond acceptors (Lipinski definition) is 3. The lowest BCUT2D eigenvalue weighted by atomic mass is 9.99. The first-order valence-corrected chi connectivity index (χ1v) is 7.58. The fraction of sp³-hybridized carbons (Fsp3) is 0.357. The van der Waals surface area contributed by atoms with Gasteiger partial charge in [0.05, 0.1) is 11.6 Å². The quantitative estimate of drug-likeness (QED) is 0.792. The van der Waals surface area contributed by atoms with Crippen LogP contribution in [0.25, 0.3) is 0 Å². The zero-order chi connectivity index (χ0) is 12.4. The van der Waals surface area contributed by atoms with Crippen molar-refractivity contribution < 1.29 is 0 Å². The summed E-state index contributed by atoms with van der Waals surface area (Å²) in [5.74, 6) is 1.14. The second-order valence-electron chi connectivity index (χ2n) is 4.60. The lowest BCUT2D eigenvalue weighted by molar-refractivity contribution is 0.775. The SMILES string of the molecule is ClCc1csc(N2CCC(c3ccccc3)C2)n1. The molecule has 2 nitrogen and oxygen atoms in total. The number of aromatic nitrogens is 1. The third kappa shape index (κ3) is 2.38. The summed E-state index contributed by atoms with van der Waals surface area (Å²) in [4.78, 5) is 6.92. The average Bonchev–Trinajstić information content (AvgIpc) is 3.08. The van der Waals surface area contributed by atoms with Gasteiger partial charge in [0.15, 0.2) is 5.13 Å². The molecule has 1 aromatic carbocycles. The van der Waals surface area contributed by atoms with Crippen molar-refractivity contribution in [3.8, 4) is 0 Å². The van der Waals surface area contributed by atoms with Crippen molar-refractivity contribution in [1.82, 2.24) is 4.98 Å². The molecule has 1 unspecified atom stereocenters. The summed E-state index contributed by atoms with van der Waals surface area (Å²) in [6.45, 7) is 2.16. The second kappa shape index (κ2) is 5.29. The summed E-state index contributed by atoms with van der Waals surface area (Å²) in [7, 11) is 0. The van der Waals surface area contributed by atoms with Crippen LogP contribution in [0, 0.1) is 0 Å². The molecule has 1 aliphatic rings. The maximum atomic E-state index is 5.80. The second-order valence-corrected chi connectivity index (χ2v) is 5.70. The number of halogens is 1. The van der Waals surface area contributed by atoms with Crippen molar-refractivity contribution >= 4 is 28.1 Å². The minimum Gasteiger partial charge on any atom is -0.347 e. The van der Waals surface area contributed by atoms with E-state index in [1.807, 2.05) is 0 Å². The van der Waals surface area contributed by atoms with Gasteiger partial charge < -0.3 is 4.90 Å². The maximum Gasteiger partial charge on any atom is 0.185 e. The highest BCUT2D eigenvalue weighted by molar-refractivity contribution is 7.13. The Balaban J connectivity index is 1.72. The van der Waals surface area contributed by atoms with Crippen molar-refractivity contribution in [3.63, 3.8) is 0 Å². The van der Waals surface area contributed by atoms with Gasteiger partial charge in [-0.15, -0.1) is 22.9 Å². The van der Waals surface area contributed by atoms with Crippen LogP contribution in [0.2, 0.25) is 0 Å². The van der Waals surface area contributed by atoms with E-state index in [4.69, 9.17) is 11.6 Å². The summed E-state index contributed by atoms with van der Waals surface area (Å²) in [6.07, 6.45) is 1.21. The van der Waals surface area contributed by atoms with Gasteiger partial charge in [0.2, 0.25) is 0 Å². The highest BCUT2D eigenvalue weighted by Crippen LogP contribution is 2.32. The van der Waals surface area contributed by atoms with E-state index in [-0.39, 0.29) is 0 Å². The van der Waals surface area contributed by atoms with Crippen molar-refractivity contribution in [2.24, 2.45) is 0 Å². The Bertz CT molecular complexity index is 512. The van der Waals surface area contributed by atoms with E-state index in [2.05, 4.69) is 45.6 Å². The van der Waals surface area contributed by atoms with Crippen molar-refractivity contribution in [2.45, 2.75) is 18.2 Å². The fourth-order valence-corrected chi connectivity index (χ4v) is 3.52. The molecule has 3 rings (SSSR count). The summed E-state index contributed by atoms with van der Waals surface area (Å²) >= 11 is 7.50. The number of hydrogen-bond donors (Lipinski definition) is 0. The Labute approximate surface area is 116 Å². The Morgan fingerprint density at radius 1 is 1.33 bits per heavy atom. The zero-order valence-corrected chi connectivity index (χ0v) is 11.6. The number of thiazole rings is 1. The molecular formula is C14H15ClN2S. The molecule has 0 N–H and O–H groups in total. The molecule has 18 heavy (non-hydrogen) atoms.